The van der Waals surface area contributed by atoms with Crippen molar-refractivity contribution in [1.29, 1.82) is 0 Å². The Labute approximate surface area is 164 Å². The highest BCUT2D eigenvalue weighted by atomic mass is 35.5. The van der Waals surface area contributed by atoms with E-state index in [4.69, 9.17) is 21.1 Å². The molecule has 0 spiro atoms. The van der Waals surface area contributed by atoms with Gasteiger partial charge < -0.3 is 14.0 Å². The van der Waals surface area contributed by atoms with Crippen molar-refractivity contribution in [1.82, 2.24) is 9.99 Å². The van der Waals surface area contributed by atoms with Crippen molar-refractivity contribution in [3.8, 4) is 5.69 Å². The number of carbonyl (C=O) groups is 1. The van der Waals surface area contributed by atoms with Crippen molar-refractivity contribution in [2.24, 2.45) is 5.10 Å². The van der Waals surface area contributed by atoms with Crippen molar-refractivity contribution >= 4 is 23.7 Å². The number of aromatic nitrogens is 1. The van der Waals surface area contributed by atoms with E-state index in [0.717, 1.165) is 28.2 Å². The van der Waals surface area contributed by atoms with E-state index in [9.17, 15) is 4.79 Å². The van der Waals surface area contributed by atoms with Gasteiger partial charge in [-0.2, -0.15) is 5.10 Å². The summed E-state index contributed by atoms with van der Waals surface area (Å²) in [5, 5.41) is 4.78. The van der Waals surface area contributed by atoms with Crippen LogP contribution >= 0.6 is 11.6 Å². The van der Waals surface area contributed by atoms with Crippen LogP contribution in [0.2, 0.25) is 5.02 Å². The van der Waals surface area contributed by atoms with Gasteiger partial charge in [0.2, 0.25) is 5.91 Å². The first-order valence-electron chi connectivity index (χ1n) is 8.84. The lowest BCUT2D eigenvalue weighted by Gasteiger charge is -2.20. The fourth-order valence-electron chi connectivity index (χ4n) is 3.28. The van der Waals surface area contributed by atoms with Crippen LogP contribution in [0.1, 0.15) is 35.9 Å². The van der Waals surface area contributed by atoms with Gasteiger partial charge in [-0.1, -0.05) is 17.7 Å². The number of benzene rings is 1. The third-order valence-corrected chi connectivity index (χ3v) is 4.89. The van der Waals surface area contributed by atoms with Gasteiger partial charge in [0, 0.05) is 27.7 Å². The number of nitrogens with one attached hydrogen (secondary N) is 1. The summed E-state index contributed by atoms with van der Waals surface area (Å²) in [6.45, 7) is 8.84. The Bertz CT molecular complexity index is 883. The molecule has 0 unspecified atom stereocenters. The summed E-state index contributed by atoms with van der Waals surface area (Å²) >= 11 is 6.17. The normalized spacial score (nSPS) is 16.2. The molecule has 0 bridgehead atoms. The van der Waals surface area contributed by atoms with Crippen molar-refractivity contribution < 1.29 is 14.3 Å². The van der Waals surface area contributed by atoms with Crippen LogP contribution < -0.4 is 5.43 Å². The predicted molar refractivity (Wildman–Crippen MR) is 106 cm³/mol. The Morgan fingerprint density at radius 2 is 2.00 bits per heavy atom. The molecule has 6 nitrogen and oxygen atoms in total. The number of aryl methyl sites for hydroxylation is 2. The van der Waals surface area contributed by atoms with Gasteiger partial charge in [0.25, 0.3) is 0 Å². The zero-order valence-electron chi connectivity index (χ0n) is 16.0. The fourth-order valence-corrected chi connectivity index (χ4v) is 3.44. The second-order valence-electron chi connectivity index (χ2n) is 6.89. The number of ether oxygens (including phenoxy) is 2. The molecule has 2 heterocycles. The Morgan fingerprint density at radius 3 is 2.70 bits per heavy atom. The first-order chi connectivity index (χ1) is 12.8. The molecule has 1 amide bonds. The highest BCUT2D eigenvalue weighted by molar-refractivity contribution is 6.30. The second-order valence-corrected chi connectivity index (χ2v) is 7.33. The Hall–Kier alpha value is -2.15. The quantitative estimate of drug-likeness (QED) is 0.627. The molecule has 144 valence electrons. The molecular weight excluding hydrogens is 366 g/mol. The smallest absolute Gasteiger partial charge is 0.245 e. The standard InChI is InChI=1S/C20H24ClN3O3/c1-13-5-6-17(21)10-18(13)24-14(2)9-16(15(24)3)12-22-23-19(25)11-20(4)26-7-8-27-20/h5-6,9-10,12H,7-8,11H2,1-4H3,(H,23,25)/b22-12-. The zero-order valence-corrected chi connectivity index (χ0v) is 16.8. The summed E-state index contributed by atoms with van der Waals surface area (Å²) in [4.78, 5) is 12.1. The van der Waals surface area contributed by atoms with Crippen LogP contribution in [0, 0.1) is 20.8 Å². The predicted octanol–water partition coefficient (Wildman–Crippen LogP) is 3.66. The van der Waals surface area contributed by atoms with Gasteiger partial charge in [0.1, 0.15) is 0 Å². The Balaban J connectivity index is 1.74. The molecule has 1 aromatic heterocycles. The number of nitrogens with zero attached hydrogens (tertiary/aromatic N) is 2. The SMILES string of the molecule is Cc1ccc(Cl)cc1-n1c(C)cc(/C=N\NC(=O)CC2(C)OCCO2)c1C. The minimum atomic E-state index is -0.862. The fraction of sp³-hybridized carbons (Fsp3) is 0.400. The Kier molecular flexibility index (Phi) is 5.69. The Morgan fingerprint density at radius 1 is 1.30 bits per heavy atom. The van der Waals surface area contributed by atoms with Gasteiger partial charge >= 0.3 is 0 Å². The third kappa shape index (κ3) is 4.40. The van der Waals surface area contributed by atoms with Gasteiger partial charge in [-0.05, 0) is 51.5 Å². The largest absolute Gasteiger partial charge is 0.347 e. The van der Waals surface area contributed by atoms with E-state index in [1.807, 2.05) is 45.0 Å². The lowest BCUT2D eigenvalue weighted by molar-refractivity contribution is -0.159. The summed E-state index contributed by atoms with van der Waals surface area (Å²) in [5.74, 6) is -1.12. The van der Waals surface area contributed by atoms with Gasteiger partial charge in [-0.3, -0.25) is 4.79 Å². The minimum Gasteiger partial charge on any atom is -0.347 e. The maximum atomic E-state index is 12.1. The van der Waals surface area contributed by atoms with E-state index < -0.39 is 5.79 Å². The van der Waals surface area contributed by atoms with Crippen molar-refractivity contribution in [2.45, 2.75) is 39.9 Å². The van der Waals surface area contributed by atoms with E-state index in [1.165, 1.54) is 0 Å². The molecule has 2 aromatic rings. The molecule has 1 saturated heterocycles. The van der Waals surface area contributed by atoms with Gasteiger partial charge in [-0.25, -0.2) is 5.43 Å². The lowest BCUT2D eigenvalue weighted by atomic mass is 10.2. The molecule has 3 rings (SSSR count). The number of rotatable bonds is 5. The molecule has 7 heteroatoms. The molecule has 0 atom stereocenters. The molecular formula is C20H24ClN3O3. The number of halogens is 1. The molecule has 0 radical (unpaired) electrons. The van der Waals surface area contributed by atoms with Crippen LogP contribution in [0.5, 0.6) is 0 Å². The van der Waals surface area contributed by atoms with E-state index >= 15 is 0 Å². The van der Waals surface area contributed by atoms with Gasteiger partial charge in [0.15, 0.2) is 5.79 Å². The first-order valence-corrected chi connectivity index (χ1v) is 9.22. The number of amides is 1. The highest BCUT2D eigenvalue weighted by Crippen LogP contribution is 2.25. The summed E-state index contributed by atoms with van der Waals surface area (Å²) in [6, 6.07) is 7.85. The number of hydrogen-bond donors (Lipinski definition) is 1. The van der Waals surface area contributed by atoms with Crippen LogP contribution in [0.15, 0.2) is 29.4 Å². The van der Waals surface area contributed by atoms with Crippen molar-refractivity contribution in [2.75, 3.05) is 13.2 Å². The van der Waals surface area contributed by atoms with Crippen LogP contribution in [0.4, 0.5) is 0 Å². The van der Waals surface area contributed by atoms with Gasteiger partial charge in [0.05, 0.1) is 25.8 Å². The van der Waals surface area contributed by atoms with E-state index in [-0.39, 0.29) is 12.3 Å². The molecule has 27 heavy (non-hydrogen) atoms. The zero-order chi connectivity index (χ0) is 19.6. The van der Waals surface area contributed by atoms with Crippen molar-refractivity contribution in [3.05, 3.63) is 51.8 Å². The van der Waals surface area contributed by atoms with Crippen LogP contribution in [0.3, 0.4) is 0 Å². The maximum Gasteiger partial charge on any atom is 0.245 e. The van der Waals surface area contributed by atoms with E-state index in [0.29, 0.717) is 18.2 Å². The molecule has 1 aliphatic heterocycles. The average molecular weight is 390 g/mol. The van der Waals surface area contributed by atoms with Crippen LogP contribution in [0.25, 0.3) is 5.69 Å². The number of carbonyl (C=O) groups excluding carboxylic acids is 1. The minimum absolute atomic E-state index is 0.102. The van der Waals surface area contributed by atoms with Gasteiger partial charge in [-0.15, -0.1) is 0 Å². The maximum absolute atomic E-state index is 12.1. The molecule has 1 aliphatic rings. The molecule has 1 N–H and O–H groups in total. The lowest BCUT2D eigenvalue weighted by Crippen LogP contribution is -2.33. The molecule has 1 aromatic carbocycles. The average Bonchev–Trinajstić information content (AvgIpc) is 3.14. The second kappa shape index (κ2) is 7.84. The van der Waals surface area contributed by atoms with E-state index in [1.54, 1.807) is 13.1 Å². The van der Waals surface area contributed by atoms with Crippen molar-refractivity contribution in [3.63, 3.8) is 0 Å². The summed E-state index contributed by atoms with van der Waals surface area (Å²) in [7, 11) is 0. The monoisotopic (exact) mass is 389 g/mol. The third-order valence-electron chi connectivity index (χ3n) is 4.66. The summed E-state index contributed by atoms with van der Waals surface area (Å²) < 4.78 is 13.0. The van der Waals surface area contributed by atoms with E-state index in [2.05, 4.69) is 15.1 Å². The first kappa shape index (κ1) is 19.6. The molecule has 1 fully saturated rings. The molecule has 0 aliphatic carbocycles. The number of hydrazone groups is 1. The van der Waals surface area contributed by atoms with Crippen LogP contribution in [-0.2, 0) is 14.3 Å². The topological polar surface area (TPSA) is 64.9 Å². The summed E-state index contributed by atoms with van der Waals surface area (Å²) in [5.41, 5.74) is 7.70. The highest BCUT2D eigenvalue weighted by Gasteiger charge is 2.33. The summed E-state index contributed by atoms with van der Waals surface area (Å²) in [6.07, 6.45) is 1.75. The molecule has 0 saturated carbocycles. The van der Waals surface area contributed by atoms with Crippen LogP contribution in [-0.4, -0.2) is 35.7 Å². The number of hydrogen-bond acceptors (Lipinski definition) is 4.